The predicted octanol–water partition coefficient (Wildman–Crippen LogP) is -0.844. The molecule has 0 aliphatic heterocycles. The van der Waals surface area contributed by atoms with Crippen molar-refractivity contribution in [2.45, 2.75) is 62.7 Å². The number of nitrogens with zero attached hydrogens (tertiary/aromatic N) is 2. The SMILES string of the molecule is NCCCCC(NC(=O)C(N)Cc1cnc[nH]1)C(=O)NC(Cc1cnc[nH]1)C(=O)NC(Cc1ccccc1)C(=O)O. The smallest absolute Gasteiger partial charge is 0.326 e. The van der Waals surface area contributed by atoms with Gasteiger partial charge in [0.15, 0.2) is 0 Å². The normalized spacial score (nSPS) is 13.9. The second kappa shape index (κ2) is 15.9. The molecule has 0 saturated heterocycles. The number of hydrogen-bond acceptors (Lipinski definition) is 8. The molecular weight excluding hydrogens is 530 g/mol. The van der Waals surface area contributed by atoms with Crippen molar-refractivity contribution in [2.75, 3.05) is 6.54 Å². The van der Waals surface area contributed by atoms with Gasteiger partial charge in [0.05, 0.1) is 18.7 Å². The molecule has 220 valence electrons. The molecule has 3 amide bonds. The van der Waals surface area contributed by atoms with Crippen LogP contribution in [-0.2, 0) is 38.4 Å². The summed E-state index contributed by atoms with van der Waals surface area (Å²) in [7, 11) is 0. The Hall–Kier alpha value is -4.56. The van der Waals surface area contributed by atoms with Crippen LogP contribution in [0.2, 0.25) is 0 Å². The van der Waals surface area contributed by atoms with Gasteiger partial charge in [-0.25, -0.2) is 14.8 Å². The lowest BCUT2D eigenvalue weighted by Crippen LogP contribution is -2.58. The number of nitrogens with one attached hydrogen (secondary N) is 5. The van der Waals surface area contributed by atoms with Gasteiger partial charge >= 0.3 is 5.97 Å². The van der Waals surface area contributed by atoms with Crippen LogP contribution in [-0.4, -0.2) is 79.4 Å². The Morgan fingerprint density at radius 3 is 1.95 bits per heavy atom. The van der Waals surface area contributed by atoms with Gasteiger partial charge in [0, 0.05) is 43.0 Å². The molecule has 1 aromatic carbocycles. The maximum atomic E-state index is 13.4. The van der Waals surface area contributed by atoms with Gasteiger partial charge in [-0.15, -0.1) is 0 Å². The third kappa shape index (κ3) is 10.2. The van der Waals surface area contributed by atoms with E-state index >= 15 is 0 Å². The minimum Gasteiger partial charge on any atom is -0.480 e. The average Bonchev–Trinajstić information content (AvgIpc) is 3.67. The number of aliphatic carboxylic acids is 1. The van der Waals surface area contributed by atoms with E-state index in [0.717, 1.165) is 5.56 Å². The first kappa shape index (κ1) is 31.0. The van der Waals surface area contributed by atoms with Crippen molar-refractivity contribution in [1.29, 1.82) is 0 Å². The molecule has 4 unspecified atom stereocenters. The average molecular weight is 568 g/mol. The van der Waals surface area contributed by atoms with Gasteiger partial charge in [-0.1, -0.05) is 30.3 Å². The molecule has 0 fully saturated rings. The number of rotatable bonds is 17. The van der Waals surface area contributed by atoms with Crippen LogP contribution in [0.25, 0.3) is 0 Å². The Kier molecular flexibility index (Phi) is 12.0. The topological polar surface area (TPSA) is 234 Å². The highest BCUT2D eigenvalue weighted by Gasteiger charge is 2.31. The molecule has 3 rings (SSSR count). The Labute approximate surface area is 237 Å². The molecule has 41 heavy (non-hydrogen) atoms. The number of carboxylic acid groups (broad SMARTS) is 1. The predicted molar refractivity (Wildman–Crippen MR) is 149 cm³/mol. The van der Waals surface area contributed by atoms with E-state index in [2.05, 4.69) is 35.9 Å². The maximum absolute atomic E-state index is 13.4. The lowest BCUT2D eigenvalue weighted by molar-refractivity contribution is -0.142. The first-order valence-corrected chi connectivity index (χ1v) is 13.3. The second-order valence-electron chi connectivity index (χ2n) is 9.66. The molecule has 0 radical (unpaired) electrons. The summed E-state index contributed by atoms with van der Waals surface area (Å²) in [5.74, 6) is -3.07. The Balaban J connectivity index is 1.73. The number of unbranched alkanes of at least 4 members (excludes halogenated alkanes) is 1. The zero-order chi connectivity index (χ0) is 29.6. The second-order valence-corrected chi connectivity index (χ2v) is 9.66. The van der Waals surface area contributed by atoms with Crippen molar-refractivity contribution >= 4 is 23.7 Å². The summed E-state index contributed by atoms with van der Waals surface area (Å²) in [4.78, 5) is 65.2. The van der Waals surface area contributed by atoms with Gasteiger partial charge in [-0.2, -0.15) is 0 Å². The van der Waals surface area contributed by atoms with E-state index in [0.29, 0.717) is 30.8 Å². The summed E-state index contributed by atoms with van der Waals surface area (Å²) in [5, 5.41) is 17.7. The fourth-order valence-corrected chi connectivity index (χ4v) is 4.19. The Morgan fingerprint density at radius 1 is 0.780 bits per heavy atom. The van der Waals surface area contributed by atoms with Gasteiger partial charge in [-0.05, 0) is 31.4 Å². The number of hydrogen-bond donors (Lipinski definition) is 8. The highest BCUT2D eigenvalue weighted by molar-refractivity contribution is 5.94. The van der Waals surface area contributed by atoms with Gasteiger partial charge in [-0.3, -0.25) is 14.4 Å². The van der Waals surface area contributed by atoms with Gasteiger partial charge in [0.1, 0.15) is 18.1 Å². The summed E-state index contributed by atoms with van der Waals surface area (Å²) >= 11 is 0. The number of imidazole rings is 2. The van der Waals surface area contributed by atoms with E-state index in [4.69, 9.17) is 11.5 Å². The molecule has 14 heteroatoms. The highest BCUT2D eigenvalue weighted by Crippen LogP contribution is 2.08. The van der Waals surface area contributed by atoms with E-state index in [1.54, 1.807) is 36.5 Å². The molecule has 0 bridgehead atoms. The lowest BCUT2D eigenvalue weighted by Gasteiger charge is -2.25. The Bertz CT molecular complexity index is 1240. The summed E-state index contributed by atoms with van der Waals surface area (Å²) in [6.45, 7) is 0.407. The zero-order valence-electron chi connectivity index (χ0n) is 22.6. The molecule has 0 saturated carbocycles. The summed E-state index contributed by atoms with van der Waals surface area (Å²) < 4.78 is 0. The first-order valence-electron chi connectivity index (χ1n) is 13.3. The molecule has 3 aromatic rings. The molecular formula is C27H37N9O5. The van der Waals surface area contributed by atoms with Gasteiger partial charge in [0.2, 0.25) is 17.7 Å². The molecule has 10 N–H and O–H groups in total. The number of nitrogens with two attached hydrogens (primary N) is 2. The largest absolute Gasteiger partial charge is 0.480 e. The van der Waals surface area contributed by atoms with E-state index < -0.39 is 47.9 Å². The van der Waals surface area contributed by atoms with Crippen LogP contribution in [0.5, 0.6) is 0 Å². The van der Waals surface area contributed by atoms with Crippen molar-refractivity contribution in [1.82, 2.24) is 35.9 Å². The summed E-state index contributed by atoms with van der Waals surface area (Å²) in [6, 6.07) is 4.54. The van der Waals surface area contributed by atoms with Crippen molar-refractivity contribution in [3.63, 3.8) is 0 Å². The molecule has 2 aromatic heterocycles. The van der Waals surface area contributed by atoms with E-state index in [1.807, 2.05) is 0 Å². The van der Waals surface area contributed by atoms with Crippen LogP contribution >= 0.6 is 0 Å². The number of carboxylic acids is 1. The molecule has 0 spiro atoms. The van der Waals surface area contributed by atoms with Crippen LogP contribution in [0.3, 0.4) is 0 Å². The molecule has 2 heterocycles. The van der Waals surface area contributed by atoms with Crippen molar-refractivity contribution in [3.8, 4) is 0 Å². The van der Waals surface area contributed by atoms with Crippen molar-refractivity contribution in [2.24, 2.45) is 11.5 Å². The third-order valence-electron chi connectivity index (χ3n) is 6.42. The van der Waals surface area contributed by atoms with Crippen LogP contribution in [0.4, 0.5) is 0 Å². The van der Waals surface area contributed by atoms with Gasteiger partial charge < -0.3 is 42.5 Å². The molecule has 0 aliphatic carbocycles. The van der Waals surface area contributed by atoms with Crippen molar-refractivity contribution < 1.29 is 24.3 Å². The number of carbonyl (C=O) groups excluding carboxylic acids is 3. The fourth-order valence-electron chi connectivity index (χ4n) is 4.19. The quantitative estimate of drug-likeness (QED) is 0.0948. The molecule has 4 atom stereocenters. The van der Waals surface area contributed by atoms with E-state index in [-0.39, 0.29) is 25.7 Å². The molecule has 14 nitrogen and oxygen atoms in total. The number of aromatic amines is 2. The van der Waals surface area contributed by atoms with E-state index in [1.165, 1.54) is 18.9 Å². The van der Waals surface area contributed by atoms with Crippen LogP contribution in [0.1, 0.15) is 36.2 Å². The minimum atomic E-state index is -1.23. The monoisotopic (exact) mass is 567 g/mol. The van der Waals surface area contributed by atoms with Crippen LogP contribution < -0.4 is 27.4 Å². The zero-order valence-corrected chi connectivity index (χ0v) is 22.6. The molecule has 0 aliphatic rings. The van der Waals surface area contributed by atoms with Crippen LogP contribution in [0.15, 0.2) is 55.4 Å². The van der Waals surface area contributed by atoms with Crippen LogP contribution in [0, 0.1) is 0 Å². The van der Waals surface area contributed by atoms with Gasteiger partial charge in [0.25, 0.3) is 0 Å². The number of aromatic nitrogens is 4. The Morgan fingerprint density at radius 2 is 1.37 bits per heavy atom. The summed E-state index contributed by atoms with van der Waals surface area (Å²) in [5.41, 5.74) is 13.6. The number of benzene rings is 1. The number of H-pyrrole nitrogens is 2. The standard InChI is InChI=1S/C27H37N9O5/c28-9-5-4-8-21(34-24(37)20(29)11-18-13-30-15-32-18)25(38)35-22(12-19-14-31-16-33-19)26(39)36-23(27(40)41)10-17-6-2-1-3-7-17/h1-3,6-7,13-16,20-23H,4-5,8-12,28-29H2,(H,30,32)(H,31,33)(H,34,37)(H,35,38)(H,36,39)(H,40,41). The number of amides is 3. The fraction of sp³-hybridized carbons (Fsp3) is 0.407. The minimum absolute atomic E-state index is 0.0120. The first-order chi connectivity index (χ1) is 19.8. The summed E-state index contributed by atoms with van der Waals surface area (Å²) in [6.07, 6.45) is 7.64. The van der Waals surface area contributed by atoms with Crippen molar-refractivity contribution in [3.05, 3.63) is 72.3 Å². The lowest BCUT2D eigenvalue weighted by atomic mass is 10.0. The third-order valence-corrected chi connectivity index (χ3v) is 6.42. The highest BCUT2D eigenvalue weighted by atomic mass is 16.4. The maximum Gasteiger partial charge on any atom is 0.326 e. The van der Waals surface area contributed by atoms with E-state index in [9.17, 15) is 24.3 Å². The number of carbonyl (C=O) groups is 4.